The number of pyridine rings is 1. The van der Waals surface area contributed by atoms with Gasteiger partial charge in [0.2, 0.25) is 5.13 Å². The molecule has 0 aliphatic heterocycles. The van der Waals surface area contributed by atoms with E-state index in [9.17, 15) is 4.79 Å². The molecule has 1 amide bonds. The first kappa shape index (κ1) is 16.4. The highest BCUT2D eigenvalue weighted by Gasteiger charge is 2.14. The molecule has 0 saturated carbocycles. The fraction of sp³-hybridized carbons (Fsp3) is 0.125. The van der Waals surface area contributed by atoms with E-state index in [0.717, 1.165) is 22.8 Å². The lowest BCUT2D eigenvalue weighted by molar-refractivity contribution is 0.102. The van der Waals surface area contributed by atoms with Gasteiger partial charge < -0.3 is 4.74 Å². The molecule has 1 aromatic carbocycles. The highest BCUT2D eigenvalue weighted by atomic mass is 35.5. The van der Waals surface area contributed by atoms with Gasteiger partial charge in [-0.25, -0.2) is 4.98 Å². The van der Waals surface area contributed by atoms with Gasteiger partial charge in [0.25, 0.3) is 5.91 Å². The zero-order chi connectivity index (χ0) is 17.1. The second-order valence-corrected chi connectivity index (χ2v) is 6.02. The molecule has 122 valence electrons. The van der Waals surface area contributed by atoms with Crippen molar-refractivity contribution in [2.45, 2.75) is 6.92 Å². The zero-order valence-corrected chi connectivity index (χ0v) is 14.5. The summed E-state index contributed by atoms with van der Waals surface area (Å²) in [6.07, 6.45) is 0. The van der Waals surface area contributed by atoms with E-state index in [1.807, 2.05) is 24.3 Å². The van der Waals surface area contributed by atoms with E-state index < -0.39 is 0 Å². The lowest BCUT2D eigenvalue weighted by atomic mass is 10.2. The van der Waals surface area contributed by atoms with Crippen molar-refractivity contribution in [3.05, 3.63) is 52.8 Å². The molecule has 0 saturated heterocycles. The minimum absolute atomic E-state index is 0.301. The van der Waals surface area contributed by atoms with E-state index in [0.29, 0.717) is 27.4 Å². The van der Waals surface area contributed by atoms with Crippen LogP contribution < -0.4 is 10.1 Å². The fourth-order valence-corrected chi connectivity index (χ4v) is 2.86. The van der Waals surface area contributed by atoms with Gasteiger partial charge in [0.15, 0.2) is 5.82 Å². The van der Waals surface area contributed by atoms with Crippen LogP contribution in [0.1, 0.15) is 16.1 Å². The standard InChI is InChI=1S/C16H13ClN4O2S/c1-9-12(6-7-13(17)18-9)15(22)20-16-19-14(21-24-16)10-4-3-5-11(8-10)23-2/h3-8H,1-2H3,(H,19,20,21,22). The van der Waals surface area contributed by atoms with Crippen LogP contribution in [0.5, 0.6) is 5.75 Å². The smallest absolute Gasteiger partial charge is 0.259 e. The number of ether oxygens (including phenoxy) is 1. The first-order valence-electron chi connectivity index (χ1n) is 6.99. The predicted octanol–water partition coefficient (Wildman–Crippen LogP) is 3.82. The molecule has 1 N–H and O–H groups in total. The van der Waals surface area contributed by atoms with Gasteiger partial charge in [-0.05, 0) is 31.2 Å². The molecule has 0 bridgehead atoms. The Morgan fingerprint density at radius 2 is 2.08 bits per heavy atom. The Kier molecular flexibility index (Phi) is 4.73. The quantitative estimate of drug-likeness (QED) is 0.715. The Labute approximate surface area is 147 Å². The summed E-state index contributed by atoms with van der Waals surface area (Å²) in [7, 11) is 1.60. The van der Waals surface area contributed by atoms with E-state index in [2.05, 4.69) is 19.7 Å². The van der Waals surface area contributed by atoms with Crippen LogP contribution in [0.15, 0.2) is 36.4 Å². The monoisotopic (exact) mass is 360 g/mol. The van der Waals surface area contributed by atoms with Gasteiger partial charge in [-0.3, -0.25) is 10.1 Å². The Morgan fingerprint density at radius 3 is 2.83 bits per heavy atom. The summed E-state index contributed by atoms with van der Waals surface area (Å²) in [6, 6.07) is 10.6. The molecule has 24 heavy (non-hydrogen) atoms. The van der Waals surface area contributed by atoms with E-state index in [4.69, 9.17) is 16.3 Å². The van der Waals surface area contributed by atoms with E-state index in [1.54, 1.807) is 26.2 Å². The average molecular weight is 361 g/mol. The van der Waals surface area contributed by atoms with Crippen molar-refractivity contribution in [1.29, 1.82) is 0 Å². The average Bonchev–Trinajstić information content (AvgIpc) is 3.03. The van der Waals surface area contributed by atoms with E-state index in [1.165, 1.54) is 0 Å². The maximum atomic E-state index is 12.3. The molecule has 2 heterocycles. The number of hydrogen-bond donors (Lipinski definition) is 1. The zero-order valence-electron chi connectivity index (χ0n) is 12.9. The van der Waals surface area contributed by atoms with Crippen molar-refractivity contribution in [3.8, 4) is 17.1 Å². The number of amides is 1. The Morgan fingerprint density at radius 1 is 1.25 bits per heavy atom. The molecule has 0 fully saturated rings. The number of nitrogens with one attached hydrogen (secondary N) is 1. The highest BCUT2D eigenvalue weighted by molar-refractivity contribution is 7.10. The van der Waals surface area contributed by atoms with Gasteiger partial charge in [-0.2, -0.15) is 9.36 Å². The molecule has 0 spiro atoms. The third kappa shape index (κ3) is 3.52. The third-order valence-corrected chi connectivity index (χ3v) is 4.11. The number of benzene rings is 1. The highest BCUT2D eigenvalue weighted by Crippen LogP contribution is 2.25. The lowest BCUT2D eigenvalue weighted by Gasteiger charge is -2.04. The van der Waals surface area contributed by atoms with Gasteiger partial charge in [0.1, 0.15) is 10.9 Å². The molecule has 2 aromatic heterocycles. The maximum absolute atomic E-state index is 12.3. The summed E-state index contributed by atoms with van der Waals surface area (Å²) in [6.45, 7) is 1.72. The fourth-order valence-electron chi connectivity index (χ4n) is 2.09. The molecule has 0 aliphatic carbocycles. The number of carbonyl (C=O) groups is 1. The third-order valence-electron chi connectivity index (χ3n) is 3.27. The number of methoxy groups -OCH3 is 1. The Balaban J connectivity index is 1.79. The molecule has 3 rings (SSSR count). The van der Waals surface area contributed by atoms with Crippen LogP contribution in [0.3, 0.4) is 0 Å². The van der Waals surface area contributed by atoms with Gasteiger partial charge in [0.05, 0.1) is 18.4 Å². The van der Waals surface area contributed by atoms with Crippen molar-refractivity contribution < 1.29 is 9.53 Å². The van der Waals surface area contributed by atoms with Crippen molar-refractivity contribution in [2.75, 3.05) is 12.4 Å². The van der Waals surface area contributed by atoms with Crippen LogP contribution in [0.2, 0.25) is 5.15 Å². The maximum Gasteiger partial charge on any atom is 0.259 e. The van der Waals surface area contributed by atoms with Crippen LogP contribution in [0, 0.1) is 6.92 Å². The Hall–Kier alpha value is -2.51. The molecule has 0 aliphatic rings. The van der Waals surface area contributed by atoms with Gasteiger partial charge >= 0.3 is 0 Å². The lowest BCUT2D eigenvalue weighted by Crippen LogP contribution is -2.13. The Bertz CT molecular complexity index is 897. The van der Waals surface area contributed by atoms with Crippen molar-refractivity contribution >= 4 is 34.2 Å². The minimum Gasteiger partial charge on any atom is -0.497 e. The van der Waals surface area contributed by atoms with E-state index >= 15 is 0 Å². The second-order valence-electron chi connectivity index (χ2n) is 4.88. The molecule has 0 radical (unpaired) electrons. The van der Waals surface area contributed by atoms with Gasteiger partial charge in [0, 0.05) is 17.1 Å². The number of rotatable bonds is 4. The van der Waals surface area contributed by atoms with Crippen molar-refractivity contribution in [1.82, 2.24) is 14.3 Å². The number of nitrogens with zero attached hydrogens (tertiary/aromatic N) is 3. The minimum atomic E-state index is -0.301. The molecule has 0 unspecified atom stereocenters. The van der Waals surface area contributed by atoms with E-state index in [-0.39, 0.29) is 5.91 Å². The topological polar surface area (TPSA) is 77.0 Å². The normalized spacial score (nSPS) is 10.5. The van der Waals surface area contributed by atoms with Crippen LogP contribution in [0.4, 0.5) is 5.13 Å². The summed E-state index contributed by atoms with van der Waals surface area (Å²) >= 11 is 6.91. The van der Waals surface area contributed by atoms with Gasteiger partial charge in [-0.15, -0.1) is 0 Å². The summed E-state index contributed by atoms with van der Waals surface area (Å²) in [5.41, 5.74) is 1.81. The van der Waals surface area contributed by atoms with Crippen molar-refractivity contribution in [3.63, 3.8) is 0 Å². The summed E-state index contributed by atoms with van der Waals surface area (Å²) in [5, 5.41) is 3.49. The summed E-state index contributed by atoms with van der Waals surface area (Å²) < 4.78 is 9.46. The number of anilines is 1. The van der Waals surface area contributed by atoms with Crippen LogP contribution in [0.25, 0.3) is 11.4 Å². The number of carbonyl (C=O) groups excluding carboxylic acids is 1. The largest absolute Gasteiger partial charge is 0.497 e. The summed E-state index contributed by atoms with van der Waals surface area (Å²) in [5.74, 6) is 0.945. The molecular weight excluding hydrogens is 348 g/mol. The van der Waals surface area contributed by atoms with Crippen LogP contribution in [-0.4, -0.2) is 27.4 Å². The first-order chi connectivity index (χ1) is 11.6. The molecule has 0 atom stereocenters. The molecule has 6 nitrogen and oxygen atoms in total. The number of aromatic nitrogens is 3. The number of halogens is 1. The summed E-state index contributed by atoms with van der Waals surface area (Å²) in [4.78, 5) is 20.7. The SMILES string of the molecule is COc1cccc(-c2nsc(NC(=O)c3ccc(Cl)nc3C)n2)c1. The molecular formula is C16H13ClN4O2S. The van der Waals surface area contributed by atoms with Crippen molar-refractivity contribution in [2.24, 2.45) is 0 Å². The first-order valence-corrected chi connectivity index (χ1v) is 8.14. The predicted molar refractivity (Wildman–Crippen MR) is 93.8 cm³/mol. The number of aryl methyl sites for hydroxylation is 1. The number of hydrogen-bond acceptors (Lipinski definition) is 6. The second kappa shape index (κ2) is 6.94. The molecule has 3 aromatic rings. The van der Waals surface area contributed by atoms with Gasteiger partial charge in [-0.1, -0.05) is 23.7 Å². The molecule has 8 heteroatoms. The van der Waals surface area contributed by atoms with Crippen LogP contribution >= 0.6 is 23.1 Å². The van der Waals surface area contributed by atoms with Crippen LogP contribution in [-0.2, 0) is 0 Å².